The van der Waals surface area contributed by atoms with Gasteiger partial charge in [-0.2, -0.15) is 0 Å². The Bertz CT molecular complexity index is 538. The molecule has 0 saturated heterocycles. The van der Waals surface area contributed by atoms with Crippen molar-refractivity contribution in [3.63, 3.8) is 0 Å². The molecule has 2 rings (SSSR count). The van der Waals surface area contributed by atoms with Gasteiger partial charge in [0.25, 0.3) is 0 Å². The third kappa shape index (κ3) is 3.36. The van der Waals surface area contributed by atoms with E-state index in [1.807, 2.05) is 6.07 Å². The van der Waals surface area contributed by atoms with Crippen LogP contribution in [-0.4, -0.2) is 0 Å². The van der Waals surface area contributed by atoms with Gasteiger partial charge in [-0.25, -0.2) is 0 Å². The first kappa shape index (κ1) is 13.6. The second-order valence-corrected chi connectivity index (χ2v) is 5.87. The van der Waals surface area contributed by atoms with E-state index < -0.39 is 0 Å². The summed E-state index contributed by atoms with van der Waals surface area (Å²) in [6.07, 6.45) is 1.03. The summed E-state index contributed by atoms with van der Waals surface area (Å²) in [6, 6.07) is 14.7. The van der Waals surface area contributed by atoms with Crippen LogP contribution in [0.2, 0.25) is 0 Å². The van der Waals surface area contributed by atoms with E-state index in [4.69, 9.17) is 0 Å². The van der Waals surface area contributed by atoms with E-state index in [1.54, 1.807) is 0 Å². The lowest BCUT2D eigenvalue weighted by Crippen LogP contribution is -2.02. The van der Waals surface area contributed by atoms with Gasteiger partial charge in [0.15, 0.2) is 0 Å². The molecule has 0 saturated carbocycles. The Labute approximate surface area is 125 Å². The van der Waals surface area contributed by atoms with Crippen LogP contribution in [0.1, 0.15) is 18.1 Å². The van der Waals surface area contributed by atoms with Gasteiger partial charge in [0, 0.05) is 21.2 Å². The zero-order chi connectivity index (χ0) is 13.0. The van der Waals surface area contributed by atoms with Crippen molar-refractivity contribution >= 4 is 37.5 Å². The number of aryl methyl sites for hydroxylation is 1. The molecule has 0 aliphatic rings. The molecule has 1 nitrogen and oxygen atoms in total. The fourth-order valence-corrected chi connectivity index (χ4v) is 2.69. The molecule has 0 atom stereocenters. The van der Waals surface area contributed by atoms with Gasteiger partial charge < -0.3 is 5.32 Å². The van der Waals surface area contributed by atoms with Gasteiger partial charge in [-0.15, -0.1) is 0 Å². The molecular formula is C15H15Br2N. The molecule has 0 amide bonds. The highest BCUT2D eigenvalue weighted by atomic mass is 79.9. The highest BCUT2D eigenvalue weighted by molar-refractivity contribution is 9.10. The van der Waals surface area contributed by atoms with Crippen LogP contribution in [0.3, 0.4) is 0 Å². The zero-order valence-corrected chi connectivity index (χ0v) is 13.4. The van der Waals surface area contributed by atoms with Crippen molar-refractivity contribution < 1.29 is 0 Å². The summed E-state index contributed by atoms with van der Waals surface area (Å²) in [6.45, 7) is 3.00. The SMILES string of the molecule is CCc1cc(Br)ccc1NCc1ccccc1Br. The van der Waals surface area contributed by atoms with Crippen molar-refractivity contribution in [2.45, 2.75) is 19.9 Å². The van der Waals surface area contributed by atoms with Crippen LogP contribution in [0.4, 0.5) is 5.69 Å². The van der Waals surface area contributed by atoms with Crippen LogP contribution in [0.5, 0.6) is 0 Å². The van der Waals surface area contributed by atoms with E-state index in [2.05, 4.69) is 80.5 Å². The van der Waals surface area contributed by atoms with Crippen molar-refractivity contribution in [2.75, 3.05) is 5.32 Å². The van der Waals surface area contributed by atoms with Crippen LogP contribution in [0, 0.1) is 0 Å². The van der Waals surface area contributed by atoms with Gasteiger partial charge >= 0.3 is 0 Å². The number of hydrogen-bond donors (Lipinski definition) is 1. The number of rotatable bonds is 4. The predicted molar refractivity (Wildman–Crippen MR) is 85.0 cm³/mol. The van der Waals surface area contributed by atoms with Crippen LogP contribution in [-0.2, 0) is 13.0 Å². The number of nitrogens with one attached hydrogen (secondary N) is 1. The minimum atomic E-state index is 0.829. The second kappa shape index (κ2) is 6.39. The molecule has 1 N–H and O–H groups in total. The molecule has 0 bridgehead atoms. The Hall–Kier alpha value is -0.800. The maximum atomic E-state index is 3.57. The van der Waals surface area contributed by atoms with Crippen molar-refractivity contribution in [1.82, 2.24) is 0 Å². The first-order chi connectivity index (χ1) is 8.70. The molecule has 2 aromatic carbocycles. The van der Waals surface area contributed by atoms with Gasteiger partial charge in [-0.1, -0.05) is 57.0 Å². The average Bonchev–Trinajstić information content (AvgIpc) is 2.39. The molecule has 0 aliphatic carbocycles. The third-order valence-corrected chi connectivity index (χ3v) is 4.14. The molecule has 0 aromatic heterocycles. The third-order valence-electron chi connectivity index (χ3n) is 2.88. The molecule has 2 aromatic rings. The summed E-state index contributed by atoms with van der Waals surface area (Å²) < 4.78 is 2.28. The van der Waals surface area contributed by atoms with Crippen molar-refractivity contribution in [1.29, 1.82) is 0 Å². The minimum absolute atomic E-state index is 0.829. The van der Waals surface area contributed by atoms with Gasteiger partial charge in [0.1, 0.15) is 0 Å². The van der Waals surface area contributed by atoms with E-state index >= 15 is 0 Å². The van der Waals surface area contributed by atoms with Gasteiger partial charge in [-0.05, 0) is 41.8 Å². The molecular weight excluding hydrogens is 354 g/mol. The standard InChI is InChI=1S/C15H15Br2N/c1-2-11-9-13(16)7-8-15(11)18-10-12-5-3-4-6-14(12)17/h3-9,18H,2,10H2,1H3. The molecule has 0 fully saturated rings. The first-order valence-corrected chi connectivity index (χ1v) is 7.55. The van der Waals surface area contributed by atoms with Crippen LogP contribution < -0.4 is 5.32 Å². The van der Waals surface area contributed by atoms with Crippen molar-refractivity contribution in [2.24, 2.45) is 0 Å². The number of anilines is 1. The summed E-state index contributed by atoms with van der Waals surface area (Å²) in [5.74, 6) is 0. The molecule has 94 valence electrons. The Balaban J connectivity index is 2.13. The van der Waals surface area contributed by atoms with Crippen LogP contribution >= 0.6 is 31.9 Å². The molecule has 0 aliphatic heterocycles. The monoisotopic (exact) mass is 367 g/mol. The van der Waals surface area contributed by atoms with Crippen molar-refractivity contribution in [3.05, 3.63) is 62.5 Å². The van der Waals surface area contributed by atoms with Gasteiger partial charge in [-0.3, -0.25) is 0 Å². The first-order valence-electron chi connectivity index (χ1n) is 5.96. The molecule has 3 heteroatoms. The Morgan fingerprint density at radius 3 is 2.50 bits per heavy atom. The van der Waals surface area contributed by atoms with Gasteiger partial charge in [0.2, 0.25) is 0 Å². The lowest BCUT2D eigenvalue weighted by Gasteiger charge is -2.12. The predicted octanol–water partition coefficient (Wildman–Crippen LogP) is 5.39. The summed E-state index contributed by atoms with van der Waals surface area (Å²) in [4.78, 5) is 0. The van der Waals surface area contributed by atoms with Gasteiger partial charge in [0.05, 0.1) is 0 Å². The summed E-state index contributed by atoms with van der Waals surface area (Å²) in [5.41, 5.74) is 3.80. The highest BCUT2D eigenvalue weighted by Gasteiger charge is 2.03. The highest BCUT2D eigenvalue weighted by Crippen LogP contribution is 2.23. The van der Waals surface area contributed by atoms with E-state index in [-0.39, 0.29) is 0 Å². The number of benzene rings is 2. The molecule has 18 heavy (non-hydrogen) atoms. The van der Waals surface area contributed by atoms with Crippen LogP contribution in [0.25, 0.3) is 0 Å². The Kier molecular flexibility index (Phi) is 4.84. The summed E-state index contributed by atoms with van der Waals surface area (Å²) >= 11 is 7.08. The normalized spacial score (nSPS) is 10.4. The molecule has 0 spiro atoms. The molecule has 0 radical (unpaired) electrons. The van der Waals surface area contributed by atoms with E-state index in [0.29, 0.717) is 0 Å². The maximum Gasteiger partial charge on any atom is 0.0412 e. The fraction of sp³-hybridized carbons (Fsp3) is 0.200. The summed E-state index contributed by atoms with van der Waals surface area (Å²) in [5, 5.41) is 3.50. The second-order valence-electron chi connectivity index (χ2n) is 4.10. The van der Waals surface area contributed by atoms with Crippen molar-refractivity contribution in [3.8, 4) is 0 Å². The average molecular weight is 369 g/mol. The Morgan fingerprint density at radius 1 is 1.00 bits per heavy atom. The van der Waals surface area contributed by atoms with E-state index in [9.17, 15) is 0 Å². The molecule has 0 heterocycles. The van der Waals surface area contributed by atoms with Crippen LogP contribution in [0.15, 0.2) is 51.4 Å². The largest absolute Gasteiger partial charge is 0.381 e. The smallest absolute Gasteiger partial charge is 0.0412 e. The zero-order valence-electron chi connectivity index (χ0n) is 10.2. The summed E-state index contributed by atoms with van der Waals surface area (Å²) in [7, 11) is 0. The molecule has 0 unspecified atom stereocenters. The topological polar surface area (TPSA) is 12.0 Å². The fourth-order valence-electron chi connectivity index (χ4n) is 1.86. The lowest BCUT2D eigenvalue weighted by atomic mass is 10.1. The van der Waals surface area contributed by atoms with E-state index in [0.717, 1.165) is 21.9 Å². The van der Waals surface area contributed by atoms with E-state index in [1.165, 1.54) is 16.8 Å². The maximum absolute atomic E-state index is 3.57. The number of halogens is 2. The number of hydrogen-bond acceptors (Lipinski definition) is 1. The minimum Gasteiger partial charge on any atom is -0.381 e. The quantitative estimate of drug-likeness (QED) is 0.763. The Morgan fingerprint density at radius 2 is 1.78 bits per heavy atom. The lowest BCUT2D eigenvalue weighted by molar-refractivity contribution is 1.08.